The molecular formula is C20H28O4. The summed E-state index contributed by atoms with van der Waals surface area (Å²) >= 11 is 0. The molecule has 4 bridgehead atoms. The van der Waals surface area contributed by atoms with Gasteiger partial charge in [-0.1, -0.05) is 13.5 Å². The fourth-order valence-corrected chi connectivity index (χ4v) is 6.71. The third-order valence-corrected chi connectivity index (χ3v) is 7.36. The molecule has 0 saturated heterocycles. The molecule has 4 fully saturated rings. The second-order valence-electron chi connectivity index (χ2n) is 8.61. The number of carbonyl (C=O) groups is 2. The number of hydrogen-bond donors (Lipinski definition) is 0. The molecule has 0 aromatic rings. The summed E-state index contributed by atoms with van der Waals surface area (Å²) in [6.45, 7) is 7.81. The average molecular weight is 332 g/mol. The van der Waals surface area contributed by atoms with E-state index in [1.54, 1.807) is 6.92 Å². The van der Waals surface area contributed by atoms with Gasteiger partial charge in [0.15, 0.2) is 0 Å². The minimum Gasteiger partial charge on any atom is -0.462 e. The van der Waals surface area contributed by atoms with Crippen LogP contribution < -0.4 is 0 Å². The van der Waals surface area contributed by atoms with E-state index in [2.05, 4.69) is 13.5 Å². The van der Waals surface area contributed by atoms with Crippen LogP contribution >= 0.6 is 0 Å². The molecule has 0 aromatic heterocycles. The van der Waals surface area contributed by atoms with Crippen molar-refractivity contribution in [1.82, 2.24) is 0 Å². The Kier molecular flexibility index (Phi) is 3.97. The van der Waals surface area contributed by atoms with Crippen LogP contribution in [0.2, 0.25) is 0 Å². The third-order valence-electron chi connectivity index (χ3n) is 7.36. The Bertz CT molecular complexity index is 568. The van der Waals surface area contributed by atoms with Crippen molar-refractivity contribution >= 4 is 11.9 Å². The number of carbonyl (C=O) groups excluding carboxylic acids is 2. The van der Waals surface area contributed by atoms with E-state index < -0.39 is 5.97 Å². The van der Waals surface area contributed by atoms with Gasteiger partial charge in [-0.25, -0.2) is 4.79 Å². The molecule has 0 aliphatic heterocycles. The molecule has 4 saturated carbocycles. The van der Waals surface area contributed by atoms with Crippen molar-refractivity contribution in [2.24, 2.45) is 47.3 Å². The van der Waals surface area contributed by atoms with E-state index in [1.165, 1.54) is 19.3 Å². The Morgan fingerprint density at radius 3 is 2.38 bits per heavy atom. The molecule has 132 valence electrons. The van der Waals surface area contributed by atoms with E-state index in [9.17, 15) is 9.59 Å². The molecule has 8 atom stereocenters. The van der Waals surface area contributed by atoms with Crippen LogP contribution in [-0.4, -0.2) is 25.2 Å². The van der Waals surface area contributed by atoms with E-state index in [0.717, 1.165) is 41.9 Å². The molecule has 4 rings (SSSR count). The molecule has 0 spiro atoms. The Morgan fingerprint density at radius 1 is 0.958 bits per heavy atom. The average Bonchev–Trinajstić information content (AvgIpc) is 3.27. The van der Waals surface area contributed by atoms with Gasteiger partial charge in [-0.3, -0.25) is 4.79 Å². The fraction of sp³-hybridized carbons (Fsp3) is 0.800. The monoisotopic (exact) mass is 332 g/mol. The number of rotatable bonds is 5. The van der Waals surface area contributed by atoms with Gasteiger partial charge in [0.1, 0.15) is 13.2 Å². The van der Waals surface area contributed by atoms with Crippen molar-refractivity contribution in [3.8, 4) is 0 Å². The molecule has 0 heterocycles. The zero-order valence-electron chi connectivity index (χ0n) is 14.7. The largest absolute Gasteiger partial charge is 0.462 e. The highest BCUT2D eigenvalue weighted by Gasteiger charge is 2.65. The van der Waals surface area contributed by atoms with Crippen molar-refractivity contribution in [3.63, 3.8) is 0 Å². The van der Waals surface area contributed by atoms with Crippen LogP contribution in [0.1, 0.15) is 39.5 Å². The minimum atomic E-state index is -0.426. The molecular weight excluding hydrogens is 304 g/mol. The normalized spacial score (nSPS) is 44.4. The van der Waals surface area contributed by atoms with E-state index in [-0.39, 0.29) is 25.1 Å². The van der Waals surface area contributed by atoms with Gasteiger partial charge in [-0.15, -0.1) is 0 Å². The summed E-state index contributed by atoms with van der Waals surface area (Å²) in [7, 11) is 0. The van der Waals surface area contributed by atoms with E-state index in [1.807, 2.05) is 0 Å². The predicted molar refractivity (Wildman–Crippen MR) is 88.8 cm³/mol. The molecule has 0 amide bonds. The first-order valence-electron chi connectivity index (χ1n) is 9.46. The maximum atomic E-state index is 12.5. The quantitative estimate of drug-likeness (QED) is 0.336. The van der Waals surface area contributed by atoms with Gasteiger partial charge in [-0.05, 0) is 74.0 Å². The molecule has 0 radical (unpaired) electrons. The number of hydrogen-bond acceptors (Lipinski definition) is 4. The van der Waals surface area contributed by atoms with Gasteiger partial charge in [-0.2, -0.15) is 0 Å². The van der Waals surface area contributed by atoms with Crippen LogP contribution in [0.15, 0.2) is 12.2 Å². The highest BCUT2D eigenvalue weighted by Crippen LogP contribution is 2.70. The lowest BCUT2D eigenvalue weighted by Gasteiger charge is -2.40. The summed E-state index contributed by atoms with van der Waals surface area (Å²) in [5.74, 6) is 5.18. The summed E-state index contributed by atoms with van der Waals surface area (Å²) in [4.78, 5) is 23.8. The predicted octanol–water partition coefficient (Wildman–Crippen LogP) is 3.21. The smallest absolute Gasteiger partial charge is 0.333 e. The van der Waals surface area contributed by atoms with Gasteiger partial charge < -0.3 is 9.47 Å². The van der Waals surface area contributed by atoms with Crippen molar-refractivity contribution in [3.05, 3.63) is 12.2 Å². The van der Waals surface area contributed by atoms with Gasteiger partial charge in [0.25, 0.3) is 0 Å². The first kappa shape index (κ1) is 16.2. The van der Waals surface area contributed by atoms with Gasteiger partial charge in [0, 0.05) is 5.57 Å². The lowest BCUT2D eigenvalue weighted by atomic mass is 9.65. The molecule has 0 N–H and O–H groups in total. The van der Waals surface area contributed by atoms with Crippen LogP contribution in [0.25, 0.3) is 0 Å². The first-order chi connectivity index (χ1) is 11.5. The zero-order valence-corrected chi connectivity index (χ0v) is 14.7. The Balaban J connectivity index is 1.30. The Labute approximate surface area is 144 Å². The number of esters is 2. The van der Waals surface area contributed by atoms with Crippen molar-refractivity contribution in [1.29, 1.82) is 0 Å². The van der Waals surface area contributed by atoms with Gasteiger partial charge in [0.05, 0.1) is 5.92 Å². The molecule has 8 unspecified atom stereocenters. The fourth-order valence-electron chi connectivity index (χ4n) is 6.71. The van der Waals surface area contributed by atoms with Crippen LogP contribution in [0.3, 0.4) is 0 Å². The molecule has 24 heavy (non-hydrogen) atoms. The summed E-state index contributed by atoms with van der Waals surface area (Å²) in [5, 5.41) is 0. The van der Waals surface area contributed by atoms with Crippen LogP contribution in [0, 0.1) is 47.3 Å². The Hall–Kier alpha value is -1.32. The lowest BCUT2D eigenvalue weighted by molar-refractivity contribution is -0.156. The minimum absolute atomic E-state index is 0.0669. The van der Waals surface area contributed by atoms with Crippen LogP contribution in [0.5, 0.6) is 0 Å². The summed E-state index contributed by atoms with van der Waals surface area (Å²) < 4.78 is 10.4. The van der Waals surface area contributed by atoms with Crippen LogP contribution in [-0.2, 0) is 19.1 Å². The second kappa shape index (κ2) is 5.89. The zero-order chi connectivity index (χ0) is 17.0. The molecule has 4 heteroatoms. The summed E-state index contributed by atoms with van der Waals surface area (Å²) in [6, 6.07) is 0. The summed E-state index contributed by atoms with van der Waals surface area (Å²) in [5.41, 5.74) is 0.367. The highest BCUT2D eigenvalue weighted by atomic mass is 16.6. The van der Waals surface area contributed by atoms with Gasteiger partial charge in [0.2, 0.25) is 0 Å². The van der Waals surface area contributed by atoms with E-state index in [0.29, 0.717) is 11.5 Å². The molecule has 4 nitrogen and oxygen atoms in total. The second-order valence-corrected chi connectivity index (χ2v) is 8.61. The number of ether oxygens (including phenoxy) is 2. The number of fused-ring (bicyclic) bond motifs is 9. The molecule has 4 aliphatic rings. The highest BCUT2D eigenvalue weighted by molar-refractivity contribution is 5.86. The third kappa shape index (κ3) is 2.41. The summed E-state index contributed by atoms with van der Waals surface area (Å²) in [6.07, 6.45) is 5.08. The van der Waals surface area contributed by atoms with Gasteiger partial charge >= 0.3 is 11.9 Å². The van der Waals surface area contributed by atoms with Crippen molar-refractivity contribution < 1.29 is 19.1 Å². The Morgan fingerprint density at radius 2 is 1.62 bits per heavy atom. The molecule has 0 aromatic carbocycles. The standard InChI is InChI=1S/C20H28O4/c1-10(2)19(21)23-4-5-24-20(22)16-9-13-8-15(16)18-14-7-12(17(13)18)6-11(14)3/h11-18H,1,4-9H2,2-3H3. The SMILES string of the molecule is C=C(C)C(=O)OCCOC(=O)C1CC2CC1C1C3CC(CC3C)C21. The first-order valence-corrected chi connectivity index (χ1v) is 9.46. The maximum absolute atomic E-state index is 12.5. The van der Waals surface area contributed by atoms with Crippen LogP contribution in [0.4, 0.5) is 0 Å². The van der Waals surface area contributed by atoms with Crippen molar-refractivity contribution in [2.45, 2.75) is 39.5 Å². The lowest BCUT2D eigenvalue weighted by Crippen LogP contribution is -2.38. The van der Waals surface area contributed by atoms with Crippen molar-refractivity contribution in [2.75, 3.05) is 13.2 Å². The van der Waals surface area contributed by atoms with E-state index >= 15 is 0 Å². The topological polar surface area (TPSA) is 52.6 Å². The van der Waals surface area contributed by atoms with E-state index in [4.69, 9.17) is 9.47 Å². The molecule has 4 aliphatic carbocycles. The maximum Gasteiger partial charge on any atom is 0.333 e.